The van der Waals surface area contributed by atoms with Gasteiger partial charge in [-0.2, -0.15) is 0 Å². The van der Waals surface area contributed by atoms with Crippen LogP contribution in [0, 0.1) is 5.92 Å². The summed E-state index contributed by atoms with van der Waals surface area (Å²) in [6, 6.07) is 0.532. The highest BCUT2D eigenvalue weighted by Crippen LogP contribution is 2.23. The highest BCUT2D eigenvalue weighted by Gasteiger charge is 2.27. The molecule has 1 heterocycles. The second kappa shape index (κ2) is 6.71. The fourth-order valence-corrected chi connectivity index (χ4v) is 3.59. The summed E-state index contributed by atoms with van der Waals surface area (Å²) in [5.74, 6) is 0.516. The summed E-state index contributed by atoms with van der Waals surface area (Å²) in [6.07, 6.45) is 6.92. The Balaban J connectivity index is 2.49. The number of sulfonamides is 1. The molecule has 5 heteroatoms. The standard InChI is InChI=1S/C12H26N2O2S/c1-4-6-12(13-2)9-11-7-5-8-14(10-11)17(3,15)16/h11-13H,4-10H2,1-3H3. The first kappa shape index (κ1) is 14.9. The lowest BCUT2D eigenvalue weighted by atomic mass is 9.91. The van der Waals surface area contributed by atoms with E-state index in [0.717, 1.165) is 19.3 Å². The molecule has 2 atom stereocenters. The maximum atomic E-state index is 11.5. The summed E-state index contributed by atoms with van der Waals surface area (Å²) in [5, 5.41) is 3.34. The zero-order valence-electron chi connectivity index (χ0n) is 11.3. The van der Waals surface area contributed by atoms with E-state index in [2.05, 4.69) is 12.2 Å². The van der Waals surface area contributed by atoms with Crippen molar-refractivity contribution in [2.75, 3.05) is 26.4 Å². The molecule has 1 rings (SSSR count). The van der Waals surface area contributed by atoms with Crippen LogP contribution in [0.25, 0.3) is 0 Å². The third kappa shape index (κ3) is 4.94. The molecule has 0 radical (unpaired) electrons. The van der Waals surface area contributed by atoms with Gasteiger partial charge in [-0.25, -0.2) is 12.7 Å². The molecule has 1 saturated heterocycles. The fourth-order valence-electron chi connectivity index (χ4n) is 2.65. The molecular weight excluding hydrogens is 236 g/mol. The molecule has 0 aromatic heterocycles. The van der Waals surface area contributed by atoms with Crippen LogP contribution in [0.3, 0.4) is 0 Å². The number of nitrogens with one attached hydrogen (secondary N) is 1. The average Bonchev–Trinajstić information content (AvgIpc) is 2.28. The fraction of sp³-hybridized carbons (Fsp3) is 1.00. The van der Waals surface area contributed by atoms with Crippen molar-refractivity contribution in [3.05, 3.63) is 0 Å². The lowest BCUT2D eigenvalue weighted by Gasteiger charge is -2.32. The molecule has 0 aliphatic carbocycles. The zero-order chi connectivity index (χ0) is 12.9. The Morgan fingerprint density at radius 1 is 1.47 bits per heavy atom. The summed E-state index contributed by atoms with van der Waals surface area (Å²) >= 11 is 0. The van der Waals surface area contributed by atoms with Gasteiger partial charge in [-0.15, -0.1) is 0 Å². The maximum Gasteiger partial charge on any atom is 0.211 e. The van der Waals surface area contributed by atoms with Gasteiger partial charge in [0.1, 0.15) is 0 Å². The van der Waals surface area contributed by atoms with Gasteiger partial charge in [-0.3, -0.25) is 0 Å². The molecule has 1 aliphatic heterocycles. The number of rotatable bonds is 6. The van der Waals surface area contributed by atoms with E-state index in [4.69, 9.17) is 0 Å². The molecule has 102 valence electrons. The first-order valence-electron chi connectivity index (χ1n) is 6.59. The van der Waals surface area contributed by atoms with E-state index in [9.17, 15) is 8.42 Å². The van der Waals surface area contributed by atoms with Crippen LogP contribution >= 0.6 is 0 Å². The van der Waals surface area contributed by atoms with Crippen LogP contribution < -0.4 is 5.32 Å². The normalized spacial score (nSPS) is 24.8. The summed E-state index contributed by atoms with van der Waals surface area (Å²) in [5.41, 5.74) is 0. The summed E-state index contributed by atoms with van der Waals surface area (Å²) in [4.78, 5) is 0. The van der Waals surface area contributed by atoms with E-state index >= 15 is 0 Å². The van der Waals surface area contributed by atoms with Crippen LogP contribution in [-0.2, 0) is 10.0 Å². The lowest BCUT2D eigenvalue weighted by Crippen LogP contribution is -2.41. The maximum absolute atomic E-state index is 11.5. The molecule has 1 fully saturated rings. The van der Waals surface area contributed by atoms with Crippen molar-refractivity contribution in [3.8, 4) is 0 Å². The van der Waals surface area contributed by atoms with Gasteiger partial charge in [-0.05, 0) is 38.6 Å². The van der Waals surface area contributed by atoms with E-state index < -0.39 is 10.0 Å². The highest BCUT2D eigenvalue weighted by molar-refractivity contribution is 7.88. The van der Waals surface area contributed by atoms with Crippen molar-refractivity contribution in [3.63, 3.8) is 0 Å². The van der Waals surface area contributed by atoms with Crippen molar-refractivity contribution in [1.29, 1.82) is 0 Å². The van der Waals surface area contributed by atoms with Gasteiger partial charge in [0.25, 0.3) is 0 Å². The molecule has 0 bridgehead atoms. The van der Waals surface area contributed by atoms with Crippen LogP contribution in [0.5, 0.6) is 0 Å². The van der Waals surface area contributed by atoms with Gasteiger partial charge in [0.05, 0.1) is 6.26 Å². The van der Waals surface area contributed by atoms with Gasteiger partial charge in [0.15, 0.2) is 0 Å². The Kier molecular flexibility index (Phi) is 5.89. The van der Waals surface area contributed by atoms with Crippen LogP contribution in [-0.4, -0.2) is 45.2 Å². The third-order valence-corrected chi connectivity index (χ3v) is 4.88. The molecule has 1 aliphatic rings. The van der Waals surface area contributed by atoms with Gasteiger partial charge in [0, 0.05) is 19.1 Å². The lowest BCUT2D eigenvalue weighted by molar-refractivity contribution is 0.237. The minimum Gasteiger partial charge on any atom is -0.317 e. The zero-order valence-corrected chi connectivity index (χ0v) is 12.1. The molecule has 0 amide bonds. The van der Waals surface area contributed by atoms with Crippen molar-refractivity contribution in [2.24, 2.45) is 5.92 Å². The molecule has 0 saturated carbocycles. The average molecular weight is 262 g/mol. The monoisotopic (exact) mass is 262 g/mol. The van der Waals surface area contributed by atoms with E-state index in [1.807, 2.05) is 7.05 Å². The Morgan fingerprint density at radius 2 is 2.18 bits per heavy atom. The second-order valence-corrected chi connectivity index (χ2v) is 7.12. The second-order valence-electron chi connectivity index (χ2n) is 5.14. The Labute approximate surface area is 106 Å². The van der Waals surface area contributed by atoms with Crippen LogP contribution in [0.4, 0.5) is 0 Å². The van der Waals surface area contributed by atoms with Crippen molar-refractivity contribution < 1.29 is 8.42 Å². The summed E-state index contributed by atoms with van der Waals surface area (Å²) in [7, 11) is -1.00. The first-order valence-corrected chi connectivity index (χ1v) is 8.44. The first-order chi connectivity index (χ1) is 7.97. The van der Waals surface area contributed by atoms with Crippen molar-refractivity contribution in [1.82, 2.24) is 9.62 Å². The number of nitrogens with zero attached hydrogens (tertiary/aromatic N) is 1. The van der Waals surface area contributed by atoms with Crippen molar-refractivity contribution in [2.45, 2.75) is 45.1 Å². The van der Waals surface area contributed by atoms with E-state index in [0.29, 0.717) is 25.0 Å². The molecule has 0 aromatic carbocycles. The van der Waals surface area contributed by atoms with Crippen LogP contribution in [0.1, 0.15) is 39.0 Å². The minimum atomic E-state index is -3.00. The van der Waals surface area contributed by atoms with Crippen molar-refractivity contribution >= 4 is 10.0 Å². The van der Waals surface area contributed by atoms with E-state index in [-0.39, 0.29) is 0 Å². The quantitative estimate of drug-likeness (QED) is 0.788. The largest absolute Gasteiger partial charge is 0.317 e. The van der Waals surface area contributed by atoms with Crippen LogP contribution in [0.2, 0.25) is 0 Å². The number of hydrogen-bond donors (Lipinski definition) is 1. The molecule has 4 nitrogen and oxygen atoms in total. The predicted octanol–water partition coefficient (Wildman–Crippen LogP) is 1.44. The van der Waals surface area contributed by atoms with Crippen LogP contribution in [0.15, 0.2) is 0 Å². The smallest absolute Gasteiger partial charge is 0.211 e. The Bertz CT molecular complexity index is 316. The Morgan fingerprint density at radius 3 is 2.71 bits per heavy atom. The topological polar surface area (TPSA) is 49.4 Å². The third-order valence-electron chi connectivity index (χ3n) is 3.61. The highest BCUT2D eigenvalue weighted by atomic mass is 32.2. The molecule has 0 aromatic rings. The molecule has 1 N–H and O–H groups in total. The van der Waals surface area contributed by atoms with E-state index in [1.54, 1.807) is 4.31 Å². The van der Waals surface area contributed by atoms with Gasteiger partial charge >= 0.3 is 0 Å². The van der Waals surface area contributed by atoms with Gasteiger partial charge in [-0.1, -0.05) is 13.3 Å². The van der Waals surface area contributed by atoms with E-state index in [1.165, 1.54) is 19.1 Å². The summed E-state index contributed by atoms with van der Waals surface area (Å²) < 4.78 is 24.7. The number of hydrogen-bond acceptors (Lipinski definition) is 3. The molecule has 0 spiro atoms. The Hall–Kier alpha value is -0.130. The molecule has 17 heavy (non-hydrogen) atoms. The molecule has 2 unspecified atom stereocenters. The summed E-state index contributed by atoms with van der Waals surface area (Å²) in [6.45, 7) is 3.60. The SMILES string of the molecule is CCCC(CC1CCCN(S(C)(=O)=O)C1)NC. The number of piperidine rings is 1. The minimum absolute atomic E-state index is 0.516. The molecular formula is C12H26N2O2S. The predicted molar refractivity (Wildman–Crippen MR) is 71.5 cm³/mol. The van der Waals surface area contributed by atoms with Gasteiger partial charge < -0.3 is 5.32 Å². The van der Waals surface area contributed by atoms with Gasteiger partial charge in [0.2, 0.25) is 10.0 Å².